The Morgan fingerprint density at radius 3 is 3.25 bits per heavy atom. The van der Waals surface area contributed by atoms with Gasteiger partial charge in [0.2, 0.25) is 5.91 Å². The van der Waals surface area contributed by atoms with Gasteiger partial charge in [-0.05, 0) is 17.9 Å². The van der Waals surface area contributed by atoms with E-state index in [1.54, 1.807) is 13.2 Å². The lowest BCUT2D eigenvalue weighted by molar-refractivity contribution is -0.118. The number of hydrogen-bond donors (Lipinski definition) is 2. The van der Waals surface area contributed by atoms with E-state index < -0.39 is 0 Å². The molecule has 6 nitrogen and oxygen atoms in total. The number of ether oxygens (including phenoxy) is 1. The average molecular weight is 313 g/mol. The van der Waals surface area contributed by atoms with Crippen molar-refractivity contribution in [3.05, 3.63) is 21.8 Å². The molecular formula is C12H15N3O3S2. The highest BCUT2D eigenvalue weighted by Crippen LogP contribution is 2.18. The molecule has 0 atom stereocenters. The van der Waals surface area contributed by atoms with Crippen LogP contribution in [0.2, 0.25) is 0 Å². The minimum Gasteiger partial charge on any atom is -0.385 e. The molecule has 0 unspecified atom stereocenters. The van der Waals surface area contributed by atoms with Gasteiger partial charge >= 0.3 is 0 Å². The molecule has 2 aromatic heterocycles. The van der Waals surface area contributed by atoms with Gasteiger partial charge in [-0.3, -0.25) is 9.59 Å². The summed E-state index contributed by atoms with van der Waals surface area (Å²) in [5.74, 6) is 0.146. The van der Waals surface area contributed by atoms with Crippen LogP contribution in [0.15, 0.2) is 21.4 Å². The summed E-state index contributed by atoms with van der Waals surface area (Å²) in [6.07, 6.45) is 0.781. The summed E-state index contributed by atoms with van der Waals surface area (Å²) in [5, 5.41) is 5.66. The van der Waals surface area contributed by atoms with Gasteiger partial charge in [-0.25, -0.2) is 4.98 Å². The van der Waals surface area contributed by atoms with Gasteiger partial charge in [0.05, 0.1) is 11.1 Å². The van der Waals surface area contributed by atoms with Crippen LogP contribution < -0.4 is 10.9 Å². The zero-order chi connectivity index (χ0) is 14.4. The molecule has 0 aromatic carbocycles. The van der Waals surface area contributed by atoms with Crippen molar-refractivity contribution in [3.63, 3.8) is 0 Å². The number of nitrogens with zero attached hydrogens (tertiary/aromatic N) is 1. The van der Waals surface area contributed by atoms with Crippen molar-refractivity contribution in [2.24, 2.45) is 0 Å². The lowest BCUT2D eigenvalue weighted by atomic mass is 10.4. The van der Waals surface area contributed by atoms with Gasteiger partial charge in [-0.15, -0.1) is 11.3 Å². The van der Waals surface area contributed by atoms with Crippen LogP contribution in [0.4, 0.5) is 0 Å². The van der Waals surface area contributed by atoms with E-state index in [9.17, 15) is 9.59 Å². The highest BCUT2D eigenvalue weighted by Gasteiger charge is 2.07. The van der Waals surface area contributed by atoms with Gasteiger partial charge in [0.1, 0.15) is 4.83 Å². The first-order valence-electron chi connectivity index (χ1n) is 6.06. The van der Waals surface area contributed by atoms with Crippen molar-refractivity contribution < 1.29 is 9.53 Å². The number of nitrogens with one attached hydrogen (secondary N) is 2. The Balaban J connectivity index is 1.86. The van der Waals surface area contributed by atoms with Crippen LogP contribution in [0.25, 0.3) is 10.2 Å². The van der Waals surface area contributed by atoms with Gasteiger partial charge in [-0.2, -0.15) is 0 Å². The summed E-state index contributed by atoms with van der Waals surface area (Å²) >= 11 is 2.63. The molecule has 2 heterocycles. The number of hydrogen-bond acceptors (Lipinski definition) is 6. The van der Waals surface area contributed by atoms with Gasteiger partial charge in [0.15, 0.2) is 5.16 Å². The number of carbonyl (C=O) groups is 1. The molecule has 1 amide bonds. The molecule has 108 valence electrons. The van der Waals surface area contributed by atoms with Crippen LogP contribution in [-0.4, -0.2) is 41.9 Å². The van der Waals surface area contributed by atoms with E-state index in [-0.39, 0.29) is 17.2 Å². The van der Waals surface area contributed by atoms with E-state index in [0.29, 0.717) is 28.5 Å². The van der Waals surface area contributed by atoms with Gasteiger partial charge in [0.25, 0.3) is 5.56 Å². The van der Waals surface area contributed by atoms with Crippen LogP contribution in [0.1, 0.15) is 6.42 Å². The monoisotopic (exact) mass is 313 g/mol. The number of aromatic nitrogens is 2. The molecule has 0 aliphatic heterocycles. The maximum absolute atomic E-state index is 11.7. The summed E-state index contributed by atoms with van der Waals surface area (Å²) < 4.78 is 4.89. The first-order valence-corrected chi connectivity index (χ1v) is 7.93. The highest BCUT2D eigenvalue weighted by molar-refractivity contribution is 7.99. The number of amides is 1. The number of thioether (sulfide) groups is 1. The van der Waals surface area contributed by atoms with E-state index in [0.717, 1.165) is 6.42 Å². The van der Waals surface area contributed by atoms with Gasteiger partial charge < -0.3 is 15.0 Å². The van der Waals surface area contributed by atoms with Crippen LogP contribution in [0.5, 0.6) is 0 Å². The second-order valence-electron chi connectivity index (χ2n) is 4.00. The van der Waals surface area contributed by atoms with E-state index in [2.05, 4.69) is 15.3 Å². The second-order valence-corrected chi connectivity index (χ2v) is 5.85. The predicted molar refractivity (Wildman–Crippen MR) is 80.5 cm³/mol. The average Bonchev–Trinajstić information content (AvgIpc) is 2.90. The van der Waals surface area contributed by atoms with Gasteiger partial charge in [0, 0.05) is 20.3 Å². The quantitative estimate of drug-likeness (QED) is 0.456. The molecule has 0 spiro atoms. The minimum atomic E-state index is -0.167. The maximum atomic E-state index is 11.7. The molecule has 0 fully saturated rings. The first-order chi connectivity index (χ1) is 9.70. The molecule has 2 rings (SSSR count). The molecule has 0 bridgehead atoms. The third kappa shape index (κ3) is 4.06. The molecule has 0 aliphatic carbocycles. The van der Waals surface area contributed by atoms with Crippen molar-refractivity contribution in [1.82, 2.24) is 15.3 Å². The minimum absolute atomic E-state index is 0.0833. The Labute approximate surface area is 123 Å². The fourth-order valence-corrected chi connectivity index (χ4v) is 3.06. The molecule has 0 radical (unpaired) electrons. The maximum Gasteiger partial charge on any atom is 0.260 e. The Bertz CT molecular complexity index is 638. The Morgan fingerprint density at radius 2 is 2.45 bits per heavy atom. The predicted octanol–water partition coefficient (Wildman–Crippen LogP) is 1.23. The lowest BCUT2D eigenvalue weighted by Gasteiger charge is -2.04. The third-order valence-electron chi connectivity index (χ3n) is 2.50. The SMILES string of the molecule is COCCCNC(=O)CSc1nc2sccc2c(=O)[nH]1. The Hall–Kier alpha value is -1.38. The van der Waals surface area contributed by atoms with Crippen LogP contribution in [-0.2, 0) is 9.53 Å². The molecule has 8 heteroatoms. The smallest absolute Gasteiger partial charge is 0.260 e. The summed E-state index contributed by atoms with van der Waals surface area (Å²) in [6, 6.07) is 1.74. The molecule has 0 saturated heterocycles. The Morgan fingerprint density at radius 1 is 1.60 bits per heavy atom. The fraction of sp³-hybridized carbons (Fsp3) is 0.417. The summed E-state index contributed by atoms with van der Waals surface area (Å²) in [7, 11) is 1.63. The zero-order valence-electron chi connectivity index (χ0n) is 11.0. The number of fused-ring (bicyclic) bond motifs is 1. The van der Waals surface area contributed by atoms with E-state index in [1.807, 2.05) is 5.38 Å². The third-order valence-corrected chi connectivity index (χ3v) is 4.18. The topological polar surface area (TPSA) is 84.1 Å². The normalized spacial score (nSPS) is 10.8. The van der Waals surface area contributed by atoms with Crippen molar-refractivity contribution >= 4 is 39.2 Å². The highest BCUT2D eigenvalue weighted by atomic mass is 32.2. The van der Waals surface area contributed by atoms with Crippen LogP contribution >= 0.6 is 23.1 Å². The number of thiophene rings is 1. The zero-order valence-corrected chi connectivity index (χ0v) is 12.6. The van der Waals surface area contributed by atoms with Gasteiger partial charge in [-0.1, -0.05) is 11.8 Å². The molecule has 0 saturated carbocycles. The summed E-state index contributed by atoms with van der Waals surface area (Å²) in [4.78, 5) is 31.0. The summed E-state index contributed by atoms with van der Waals surface area (Å²) in [5.41, 5.74) is -0.167. The molecule has 2 aromatic rings. The van der Waals surface area contributed by atoms with E-state index in [1.165, 1.54) is 23.1 Å². The number of H-pyrrole nitrogens is 1. The van der Waals surface area contributed by atoms with Crippen molar-refractivity contribution in [1.29, 1.82) is 0 Å². The Kier molecular flexibility index (Phi) is 5.57. The number of aromatic amines is 1. The molecule has 0 aliphatic rings. The van der Waals surface area contributed by atoms with Crippen molar-refractivity contribution in [2.75, 3.05) is 26.0 Å². The number of methoxy groups -OCH3 is 1. The largest absolute Gasteiger partial charge is 0.385 e. The van der Waals surface area contributed by atoms with Crippen LogP contribution in [0.3, 0.4) is 0 Å². The van der Waals surface area contributed by atoms with Crippen LogP contribution in [0, 0.1) is 0 Å². The van der Waals surface area contributed by atoms with Crippen molar-refractivity contribution in [2.45, 2.75) is 11.6 Å². The van der Waals surface area contributed by atoms with Crippen molar-refractivity contribution in [3.8, 4) is 0 Å². The summed E-state index contributed by atoms with van der Waals surface area (Å²) in [6.45, 7) is 1.21. The van der Waals surface area contributed by atoms with E-state index in [4.69, 9.17) is 4.74 Å². The molecule has 2 N–H and O–H groups in total. The second kappa shape index (κ2) is 7.41. The standard InChI is InChI=1S/C12H15N3O3S2/c1-18-5-2-4-13-9(16)7-20-12-14-10(17)8-3-6-19-11(8)15-12/h3,6H,2,4-5,7H2,1H3,(H,13,16)(H,14,15,17). The lowest BCUT2D eigenvalue weighted by Crippen LogP contribution is -2.27. The first kappa shape index (κ1) is 15.0. The number of rotatable bonds is 7. The van der Waals surface area contributed by atoms with E-state index >= 15 is 0 Å². The number of carbonyl (C=O) groups excluding carboxylic acids is 1. The molecular weight excluding hydrogens is 298 g/mol. The fourth-order valence-electron chi connectivity index (χ4n) is 1.54. The molecule has 20 heavy (non-hydrogen) atoms.